The number of rotatable bonds is 6. The summed E-state index contributed by atoms with van der Waals surface area (Å²) < 4.78 is 5.13. The van der Waals surface area contributed by atoms with Gasteiger partial charge in [0.15, 0.2) is 0 Å². The molecule has 0 heterocycles. The fourth-order valence-corrected chi connectivity index (χ4v) is 1.77. The molecule has 0 aliphatic carbocycles. The van der Waals surface area contributed by atoms with Gasteiger partial charge in [-0.1, -0.05) is 18.5 Å². The highest BCUT2D eigenvalue weighted by Gasteiger charge is 2.16. The maximum atomic E-state index is 11.9. The van der Waals surface area contributed by atoms with E-state index in [0.717, 1.165) is 6.42 Å². The predicted molar refractivity (Wildman–Crippen MR) is 82.9 cm³/mol. The average Bonchev–Trinajstić information content (AvgIpc) is 2.44. The lowest BCUT2D eigenvalue weighted by Crippen LogP contribution is -2.46. The van der Waals surface area contributed by atoms with Gasteiger partial charge in [-0.25, -0.2) is 4.79 Å². The molecule has 6 nitrogen and oxygen atoms in total. The molecule has 3 N–H and O–H groups in total. The zero-order valence-corrected chi connectivity index (χ0v) is 13.1. The molecule has 7 heteroatoms. The molecule has 116 valence electrons. The van der Waals surface area contributed by atoms with Gasteiger partial charge in [0.2, 0.25) is 5.91 Å². The number of ether oxygens (including phenoxy) is 1. The first-order chi connectivity index (χ1) is 9.97. The van der Waals surface area contributed by atoms with Crippen molar-refractivity contribution >= 4 is 29.2 Å². The normalized spacial score (nSPS) is 11.4. The third-order valence-electron chi connectivity index (χ3n) is 2.70. The Morgan fingerprint density at radius 3 is 2.71 bits per heavy atom. The van der Waals surface area contributed by atoms with Gasteiger partial charge < -0.3 is 20.7 Å². The van der Waals surface area contributed by atoms with Gasteiger partial charge in [-0.2, -0.15) is 0 Å². The van der Waals surface area contributed by atoms with E-state index in [2.05, 4.69) is 16.0 Å². The number of carbonyl (C=O) groups excluding carboxylic acids is 2. The van der Waals surface area contributed by atoms with Crippen LogP contribution in [-0.4, -0.2) is 31.6 Å². The van der Waals surface area contributed by atoms with Gasteiger partial charge in [0.25, 0.3) is 0 Å². The van der Waals surface area contributed by atoms with Crippen LogP contribution in [0.5, 0.6) is 5.75 Å². The van der Waals surface area contributed by atoms with Crippen molar-refractivity contribution in [2.24, 2.45) is 0 Å². The van der Waals surface area contributed by atoms with Crippen LogP contribution >= 0.6 is 11.6 Å². The van der Waals surface area contributed by atoms with Gasteiger partial charge in [0.05, 0.1) is 12.8 Å². The fraction of sp³-hybridized carbons (Fsp3) is 0.429. The number of benzene rings is 1. The predicted octanol–water partition coefficient (Wildman–Crippen LogP) is 2.38. The topological polar surface area (TPSA) is 79.5 Å². The third kappa shape index (κ3) is 5.51. The Morgan fingerprint density at radius 1 is 1.38 bits per heavy atom. The van der Waals surface area contributed by atoms with E-state index in [0.29, 0.717) is 23.0 Å². The van der Waals surface area contributed by atoms with Crippen LogP contribution in [0, 0.1) is 0 Å². The minimum absolute atomic E-state index is 0.231. The van der Waals surface area contributed by atoms with Crippen molar-refractivity contribution in [3.05, 3.63) is 23.2 Å². The Hall–Kier alpha value is -1.95. The lowest BCUT2D eigenvalue weighted by atomic mass is 10.3. The van der Waals surface area contributed by atoms with Crippen LogP contribution in [0.1, 0.15) is 20.3 Å². The van der Waals surface area contributed by atoms with Gasteiger partial charge in [0.1, 0.15) is 11.8 Å². The van der Waals surface area contributed by atoms with Gasteiger partial charge in [-0.15, -0.1) is 0 Å². The Morgan fingerprint density at radius 2 is 2.10 bits per heavy atom. The second kappa shape index (κ2) is 8.36. The molecule has 0 aromatic heterocycles. The summed E-state index contributed by atoms with van der Waals surface area (Å²) in [5.74, 6) is 0.252. The lowest BCUT2D eigenvalue weighted by molar-refractivity contribution is -0.122. The van der Waals surface area contributed by atoms with Crippen molar-refractivity contribution in [1.82, 2.24) is 10.6 Å². The summed E-state index contributed by atoms with van der Waals surface area (Å²) in [7, 11) is 1.49. The molecule has 3 amide bonds. The van der Waals surface area contributed by atoms with E-state index in [9.17, 15) is 9.59 Å². The molecular formula is C14H20ClN3O3. The fourth-order valence-electron chi connectivity index (χ4n) is 1.60. The molecule has 21 heavy (non-hydrogen) atoms. The first-order valence-electron chi connectivity index (χ1n) is 6.66. The summed E-state index contributed by atoms with van der Waals surface area (Å²) in [5, 5.41) is 8.33. The summed E-state index contributed by atoms with van der Waals surface area (Å²) in [6, 6.07) is 3.73. The summed E-state index contributed by atoms with van der Waals surface area (Å²) in [5.41, 5.74) is 0.434. The summed E-state index contributed by atoms with van der Waals surface area (Å²) in [6.45, 7) is 4.14. The van der Waals surface area contributed by atoms with Crippen molar-refractivity contribution in [2.45, 2.75) is 26.3 Å². The smallest absolute Gasteiger partial charge is 0.319 e. The number of hydrogen-bond acceptors (Lipinski definition) is 3. The van der Waals surface area contributed by atoms with Crippen LogP contribution in [0.25, 0.3) is 0 Å². The monoisotopic (exact) mass is 313 g/mol. The summed E-state index contributed by atoms with van der Waals surface area (Å²) >= 11 is 5.88. The van der Waals surface area contributed by atoms with E-state index in [1.807, 2.05) is 6.92 Å². The van der Waals surface area contributed by atoms with Crippen LogP contribution in [0.2, 0.25) is 5.02 Å². The number of nitrogens with one attached hydrogen (secondary N) is 3. The maximum absolute atomic E-state index is 11.9. The van der Waals surface area contributed by atoms with Crippen molar-refractivity contribution in [3.8, 4) is 5.75 Å². The zero-order valence-electron chi connectivity index (χ0n) is 12.3. The van der Waals surface area contributed by atoms with Gasteiger partial charge in [-0.3, -0.25) is 4.79 Å². The van der Waals surface area contributed by atoms with Gasteiger partial charge >= 0.3 is 6.03 Å². The van der Waals surface area contributed by atoms with Gasteiger partial charge in [-0.05, 0) is 31.5 Å². The maximum Gasteiger partial charge on any atom is 0.319 e. The van der Waals surface area contributed by atoms with Crippen LogP contribution in [-0.2, 0) is 4.79 Å². The molecule has 0 saturated heterocycles. The summed E-state index contributed by atoms with van der Waals surface area (Å²) in [6.07, 6.45) is 0.838. The minimum Gasteiger partial charge on any atom is -0.495 e. The molecule has 0 unspecified atom stereocenters. The molecule has 0 aliphatic heterocycles. The highest BCUT2D eigenvalue weighted by atomic mass is 35.5. The van der Waals surface area contributed by atoms with Crippen molar-refractivity contribution < 1.29 is 14.3 Å². The SMILES string of the molecule is CCCNC(=O)[C@H](C)NC(=O)Nc1cc(Cl)ccc1OC. The number of methoxy groups -OCH3 is 1. The van der Waals surface area contributed by atoms with Crippen molar-refractivity contribution in [3.63, 3.8) is 0 Å². The van der Waals surface area contributed by atoms with Crippen LogP contribution < -0.4 is 20.7 Å². The molecule has 0 spiro atoms. The van der Waals surface area contributed by atoms with E-state index >= 15 is 0 Å². The Kier molecular flexibility index (Phi) is 6.81. The van der Waals surface area contributed by atoms with E-state index < -0.39 is 12.1 Å². The first kappa shape index (κ1) is 17.1. The number of halogens is 1. The van der Waals surface area contributed by atoms with Crippen LogP contribution in [0.4, 0.5) is 10.5 Å². The average molecular weight is 314 g/mol. The standard InChI is InChI=1S/C14H20ClN3O3/c1-4-7-16-13(19)9(2)17-14(20)18-11-8-10(15)5-6-12(11)21-3/h5-6,8-9H,4,7H2,1-3H3,(H,16,19)(H2,17,18,20)/t9-/m0/s1. The lowest BCUT2D eigenvalue weighted by Gasteiger charge is -2.15. The molecule has 1 aromatic carbocycles. The van der Waals surface area contributed by atoms with E-state index in [1.54, 1.807) is 25.1 Å². The molecule has 1 rings (SSSR count). The Labute approximate surface area is 129 Å². The molecule has 0 aliphatic rings. The number of hydrogen-bond donors (Lipinski definition) is 3. The van der Waals surface area contributed by atoms with Crippen LogP contribution in [0.3, 0.4) is 0 Å². The first-order valence-corrected chi connectivity index (χ1v) is 7.04. The second-order valence-corrected chi connectivity index (χ2v) is 4.89. The van der Waals surface area contributed by atoms with E-state index in [-0.39, 0.29) is 5.91 Å². The zero-order chi connectivity index (χ0) is 15.8. The van der Waals surface area contributed by atoms with E-state index in [1.165, 1.54) is 7.11 Å². The highest BCUT2D eigenvalue weighted by molar-refractivity contribution is 6.31. The number of amides is 3. The highest BCUT2D eigenvalue weighted by Crippen LogP contribution is 2.27. The summed E-state index contributed by atoms with van der Waals surface area (Å²) in [4.78, 5) is 23.5. The van der Waals surface area contributed by atoms with Crippen molar-refractivity contribution in [1.29, 1.82) is 0 Å². The van der Waals surface area contributed by atoms with Gasteiger partial charge in [0, 0.05) is 11.6 Å². The third-order valence-corrected chi connectivity index (χ3v) is 2.93. The molecule has 0 bridgehead atoms. The Bertz CT molecular complexity index is 508. The molecule has 0 fully saturated rings. The minimum atomic E-state index is -0.637. The second-order valence-electron chi connectivity index (χ2n) is 4.46. The molecule has 0 saturated carbocycles. The largest absolute Gasteiger partial charge is 0.495 e. The van der Waals surface area contributed by atoms with Crippen LogP contribution in [0.15, 0.2) is 18.2 Å². The molecule has 1 aromatic rings. The number of carbonyl (C=O) groups is 2. The number of anilines is 1. The molecular weight excluding hydrogens is 294 g/mol. The number of urea groups is 1. The van der Waals surface area contributed by atoms with Crippen molar-refractivity contribution in [2.75, 3.05) is 19.0 Å². The Balaban J connectivity index is 2.61. The quantitative estimate of drug-likeness (QED) is 0.754. The molecule has 0 radical (unpaired) electrons. The molecule has 1 atom stereocenters. The van der Waals surface area contributed by atoms with E-state index in [4.69, 9.17) is 16.3 Å².